The maximum Gasteiger partial charge on any atom is 0.218 e. The number of rotatable bonds is 6. The van der Waals surface area contributed by atoms with Gasteiger partial charge in [-0.15, -0.1) is 0 Å². The van der Waals surface area contributed by atoms with Crippen LogP contribution >= 0.6 is 0 Å². The quantitative estimate of drug-likeness (QED) is 0.856. The lowest BCUT2D eigenvalue weighted by atomic mass is 9.84. The van der Waals surface area contributed by atoms with Gasteiger partial charge in [0.25, 0.3) is 0 Å². The maximum atomic E-state index is 11.3. The second-order valence-corrected chi connectivity index (χ2v) is 5.68. The molecule has 0 aliphatic rings. The van der Waals surface area contributed by atoms with Gasteiger partial charge in [-0.1, -0.05) is 19.9 Å². The van der Waals surface area contributed by atoms with E-state index in [0.717, 1.165) is 23.3 Å². The average molecular weight is 263 g/mol. The number of hydrogen-bond donors (Lipinski definition) is 1. The van der Waals surface area contributed by atoms with Crippen molar-refractivity contribution in [3.05, 3.63) is 28.8 Å². The summed E-state index contributed by atoms with van der Waals surface area (Å²) < 4.78 is 5.33. The summed E-state index contributed by atoms with van der Waals surface area (Å²) in [5.41, 5.74) is 8.86. The highest BCUT2D eigenvalue weighted by Gasteiger charge is 2.19. The number of amides is 1. The third-order valence-corrected chi connectivity index (χ3v) is 3.43. The molecule has 3 nitrogen and oxygen atoms in total. The number of ether oxygens (including phenoxy) is 1. The minimum atomic E-state index is -0.237. The summed E-state index contributed by atoms with van der Waals surface area (Å²) in [7, 11) is 1.68. The second-order valence-electron chi connectivity index (χ2n) is 5.68. The normalized spacial score (nSPS) is 12.5. The van der Waals surface area contributed by atoms with E-state index >= 15 is 0 Å². The Morgan fingerprint density at radius 3 is 2.37 bits per heavy atom. The van der Waals surface area contributed by atoms with E-state index in [1.54, 1.807) is 7.11 Å². The molecule has 1 aromatic rings. The topological polar surface area (TPSA) is 52.3 Å². The molecule has 0 saturated heterocycles. The molecule has 3 heteroatoms. The first-order valence-corrected chi connectivity index (χ1v) is 6.78. The first kappa shape index (κ1) is 15.5. The van der Waals surface area contributed by atoms with Crippen LogP contribution in [0.2, 0.25) is 0 Å². The fraction of sp³-hybridized carbons (Fsp3) is 0.562. The molecule has 1 amide bonds. The summed E-state index contributed by atoms with van der Waals surface area (Å²) in [5, 5.41) is 0. The molecule has 0 spiro atoms. The van der Waals surface area contributed by atoms with Gasteiger partial charge in [-0.25, -0.2) is 0 Å². The lowest BCUT2D eigenvalue weighted by molar-refractivity contribution is -0.118. The predicted octanol–water partition coefficient (Wildman–Crippen LogP) is 3.32. The van der Waals surface area contributed by atoms with Gasteiger partial charge in [-0.3, -0.25) is 4.79 Å². The highest BCUT2D eigenvalue weighted by molar-refractivity contribution is 5.75. The zero-order valence-electron chi connectivity index (χ0n) is 12.6. The fourth-order valence-electron chi connectivity index (χ4n) is 2.60. The molecule has 0 aliphatic carbocycles. The molecule has 1 atom stereocenters. The highest BCUT2D eigenvalue weighted by Crippen LogP contribution is 2.33. The number of primary amides is 1. The molecule has 0 bridgehead atoms. The molecule has 0 heterocycles. The molecule has 0 aliphatic heterocycles. The van der Waals surface area contributed by atoms with Crippen molar-refractivity contribution in [3.63, 3.8) is 0 Å². The molecule has 1 unspecified atom stereocenters. The molecule has 1 aromatic carbocycles. The van der Waals surface area contributed by atoms with Crippen molar-refractivity contribution >= 4 is 5.91 Å². The number of aryl methyl sites for hydroxylation is 2. The summed E-state index contributed by atoms with van der Waals surface area (Å²) in [6.07, 6.45) is 1.38. The van der Waals surface area contributed by atoms with Crippen molar-refractivity contribution < 1.29 is 9.53 Å². The number of hydrogen-bond acceptors (Lipinski definition) is 2. The van der Waals surface area contributed by atoms with E-state index in [-0.39, 0.29) is 11.8 Å². The standard InChI is InChI=1S/C16H25NO2/c1-10(2)6-13(9-16(17)18)14-7-12(4)15(19-5)8-11(14)3/h7-8,10,13H,6,9H2,1-5H3,(H2,17,18). The summed E-state index contributed by atoms with van der Waals surface area (Å²) in [4.78, 5) is 11.3. The summed E-state index contributed by atoms with van der Waals surface area (Å²) in [6.45, 7) is 8.42. The van der Waals surface area contributed by atoms with Gasteiger partial charge in [-0.05, 0) is 54.9 Å². The van der Waals surface area contributed by atoms with Gasteiger partial charge in [0.1, 0.15) is 5.75 Å². The van der Waals surface area contributed by atoms with Gasteiger partial charge < -0.3 is 10.5 Å². The van der Waals surface area contributed by atoms with Gasteiger partial charge in [-0.2, -0.15) is 0 Å². The first-order chi connectivity index (χ1) is 8.85. The second kappa shape index (κ2) is 6.60. The van der Waals surface area contributed by atoms with Crippen molar-refractivity contribution in [2.24, 2.45) is 11.7 Å². The molecule has 106 valence electrons. The monoisotopic (exact) mass is 263 g/mol. The van der Waals surface area contributed by atoms with Crippen LogP contribution in [-0.2, 0) is 4.79 Å². The van der Waals surface area contributed by atoms with Crippen molar-refractivity contribution in [3.8, 4) is 5.75 Å². The zero-order valence-corrected chi connectivity index (χ0v) is 12.6. The highest BCUT2D eigenvalue weighted by atomic mass is 16.5. The Morgan fingerprint density at radius 1 is 1.26 bits per heavy atom. The van der Waals surface area contributed by atoms with Crippen LogP contribution in [-0.4, -0.2) is 13.0 Å². The Morgan fingerprint density at radius 2 is 1.89 bits per heavy atom. The Bertz CT molecular complexity index is 452. The number of methoxy groups -OCH3 is 1. The Balaban J connectivity index is 3.14. The molecule has 0 saturated carbocycles. The van der Waals surface area contributed by atoms with Gasteiger partial charge in [0.15, 0.2) is 0 Å². The van der Waals surface area contributed by atoms with Crippen LogP contribution in [0.3, 0.4) is 0 Å². The molecule has 0 fully saturated rings. The SMILES string of the molecule is COc1cc(C)c(C(CC(N)=O)CC(C)C)cc1C. The maximum absolute atomic E-state index is 11.3. The largest absolute Gasteiger partial charge is 0.496 e. The van der Waals surface area contributed by atoms with Crippen LogP contribution in [0, 0.1) is 19.8 Å². The van der Waals surface area contributed by atoms with Crippen LogP contribution in [0.4, 0.5) is 0 Å². The molecule has 1 rings (SSSR count). The van der Waals surface area contributed by atoms with Crippen LogP contribution in [0.25, 0.3) is 0 Å². The number of nitrogens with two attached hydrogens (primary N) is 1. The third kappa shape index (κ3) is 4.27. The van der Waals surface area contributed by atoms with E-state index in [9.17, 15) is 4.79 Å². The molecule has 2 N–H and O–H groups in total. The third-order valence-electron chi connectivity index (χ3n) is 3.43. The minimum Gasteiger partial charge on any atom is -0.496 e. The number of benzene rings is 1. The van der Waals surface area contributed by atoms with E-state index in [0.29, 0.717) is 12.3 Å². The van der Waals surface area contributed by atoms with E-state index < -0.39 is 0 Å². The van der Waals surface area contributed by atoms with Crippen molar-refractivity contribution in [1.29, 1.82) is 0 Å². The van der Waals surface area contributed by atoms with Gasteiger partial charge in [0.05, 0.1) is 7.11 Å². The predicted molar refractivity (Wildman–Crippen MR) is 78.5 cm³/mol. The molecule has 0 radical (unpaired) electrons. The molecule has 19 heavy (non-hydrogen) atoms. The van der Waals surface area contributed by atoms with Crippen LogP contribution in [0.1, 0.15) is 49.3 Å². The first-order valence-electron chi connectivity index (χ1n) is 6.78. The Kier molecular flexibility index (Phi) is 5.40. The molecule has 0 aromatic heterocycles. The van der Waals surface area contributed by atoms with E-state index in [1.165, 1.54) is 5.56 Å². The summed E-state index contributed by atoms with van der Waals surface area (Å²) in [6, 6.07) is 4.17. The Hall–Kier alpha value is -1.51. The van der Waals surface area contributed by atoms with Crippen LogP contribution in [0.5, 0.6) is 5.75 Å². The fourth-order valence-corrected chi connectivity index (χ4v) is 2.60. The van der Waals surface area contributed by atoms with E-state index in [4.69, 9.17) is 10.5 Å². The average Bonchev–Trinajstić information content (AvgIpc) is 2.29. The zero-order chi connectivity index (χ0) is 14.6. The lowest BCUT2D eigenvalue weighted by Gasteiger charge is -2.21. The lowest BCUT2D eigenvalue weighted by Crippen LogP contribution is -2.17. The van der Waals surface area contributed by atoms with Gasteiger partial charge in [0, 0.05) is 6.42 Å². The molecular weight excluding hydrogens is 238 g/mol. The summed E-state index contributed by atoms with van der Waals surface area (Å²) in [5.74, 6) is 1.38. The minimum absolute atomic E-state index is 0.196. The van der Waals surface area contributed by atoms with Crippen LogP contribution in [0.15, 0.2) is 12.1 Å². The number of carbonyl (C=O) groups excluding carboxylic acids is 1. The Labute approximate surface area is 116 Å². The van der Waals surface area contributed by atoms with Crippen molar-refractivity contribution in [2.75, 3.05) is 7.11 Å². The van der Waals surface area contributed by atoms with Gasteiger partial charge in [0.2, 0.25) is 5.91 Å². The van der Waals surface area contributed by atoms with Gasteiger partial charge >= 0.3 is 0 Å². The smallest absolute Gasteiger partial charge is 0.218 e. The van der Waals surface area contributed by atoms with Crippen LogP contribution < -0.4 is 10.5 Å². The van der Waals surface area contributed by atoms with Crippen molar-refractivity contribution in [2.45, 2.75) is 46.5 Å². The number of carbonyl (C=O) groups is 1. The summed E-state index contributed by atoms with van der Waals surface area (Å²) >= 11 is 0. The van der Waals surface area contributed by atoms with E-state index in [2.05, 4.69) is 26.8 Å². The molecular formula is C16H25NO2. The van der Waals surface area contributed by atoms with Crippen molar-refractivity contribution in [1.82, 2.24) is 0 Å². The van der Waals surface area contributed by atoms with E-state index in [1.807, 2.05) is 13.0 Å².